The summed E-state index contributed by atoms with van der Waals surface area (Å²) in [7, 11) is -1.02. The van der Waals surface area contributed by atoms with E-state index in [0.717, 1.165) is 33.8 Å². The summed E-state index contributed by atoms with van der Waals surface area (Å²) in [5, 5.41) is 3.33. The fourth-order valence-electron chi connectivity index (χ4n) is 6.12. The summed E-state index contributed by atoms with van der Waals surface area (Å²) in [6.07, 6.45) is -2.87. The summed E-state index contributed by atoms with van der Waals surface area (Å²) in [5.41, 5.74) is 3.50. The molecule has 7 rings (SSSR count). The molecular weight excluding hydrogens is 636 g/mol. The number of nitrogens with one attached hydrogen (secondary N) is 1. The SMILES string of the molecule is CNC(=O)c1c(-c2ccc(C(F)(F)F)cc2)oc2cc(N(C)S(C)(=O)=O)c(-c3ccc4c(n3)-c3cc5c(F)cccc5n3CC4)cc12. The predicted octanol–water partition coefficient (Wildman–Crippen LogP) is 7.25. The molecule has 1 N–H and O–H groups in total. The number of anilines is 1. The zero-order valence-electron chi connectivity index (χ0n) is 25.2. The number of pyridine rings is 1. The Morgan fingerprint density at radius 2 is 1.77 bits per heavy atom. The van der Waals surface area contributed by atoms with Crippen LogP contribution in [-0.2, 0) is 29.2 Å². The lowest BCUT2D eigenvalue weighted by molar-refractivity contribution is -0.137. The van der Waals surface area contributed by atoms with Crippen molar-refractivity contribution in [3.05, 3.63) is 95.3 Å². The molecule has 0 fully saturated rings. The fourth-order valence-corrected chi connectivity index (χ4v) is 6.63. The lowest BCUT2D eigenvalue weighted by atomic mass is 9.98. The normalized spacial score (nSPS) is 13.1. The van der Waals surface area contributed by atoms with Gasteiger partial charge in [-0.15, -0.1) is 0 Å². The van der Waals surface area contributed by atoms with E-state index in [1.54, 1.807) is 24.3 Å². The van der Waals surface area contributed by atoms with Crippen molar-refractivity contribution >= 4 is 43.5 Å². The molecule has 0 radical (unpaired) electrons. The van der Waals surface area contributed by atoms with Crippen molar-refractivity contribution in [2.45, 2.75) is 19.1 Å². The minimum absolute atomic E-state index is 0.0168. The molecule has 1 aliphatic heterocycles. The Bertz CT molecular complexity index is 2360. The molecular formula is C34H26F4N4O4S. The maximum Gasteiger partial charge on any atom is 0.416 e. The Morgan fingerprint density at radius 3 is 2.45 bits per heavy atom. The molecule has 4 heterocycles. The molecule has 0 atom stereocenters. The number of benzene rings is 3. The highest BCUT2D eigenvalue weighted by atomic mass is 32.2. The largest absolute Gasteiger partial charge is 0.455 e. The van der Waals surface area contributed by atoms with E-state index in [1.807, 2.05) is 16.7 Å². The predicted molar refractivity (Wildman–Crippen MR) is 171 cm³/mol. The fraction of sp³-hybridized carbons (Fsp3) is 0.176. The van der Waals surface area contributed by atoms with Gasteiger partial charge in [-0.25, -0.2) is 17.8 Å². The first-order valence-corrected chi connectivity index (χ1v) is 16.3. The number of halogens is 4. The summed E-state index contributed by atoms with van der Waals surface area (Å²) in [4.78, 5) is 18.2. The van der Waals surface area contributed by atoms with Crippen LogP contribution in [0, 0.1) is 5.82 Å². The number of fused-ring (bicyclic) bond motifs is 6. The van der Waals surface area contributed by atoms with Gasteiger partial charge in [-0.05, 0) is 54.4 Å². The minimum atomic E-state index is -4.56. The van der Waals surface area contributed by atoms with Crippen LogP contribution in [0.5, 0.6) is 0 Å². The van der Waals surface area contributed by atoms with Gasteiger partial charge in [0, 0.05) is 48.6 Å². The molecule has 0 spiro atoms. The van der Waals surface area contributed by atoms with Crippen LogP contribution < -0.4 is 9.62 Å². The van der Waals surface area contributed by atoms with Crippen molar-refractivity contribution in [3.63, 3.8) is 0 Å². The zero-order valence-corrected chi connectivity index (χ0v) is 26.1. The van der Waals surface area contributed by atoms with Crippen molar-refractivity contribution in [3.8, 4) is 34.0 Å². The van der Waals surface area contributed by atoms with Crippen molar-refractivity contribution in [1.29, 1.82) is 0 Å². The molecule has 0 unspecified atom stereocenters. The van der Waals surface area contributed by atoms with Crippen molar-refractivity contribution in [1.82, 2.24) is 14.9 Å². The van der Waals surface area contributed by atoms with Gasteiger partial charge in [-0.1, -0.05) is 24.3 Å². The number of alkyl halides is 3. The second-order valence-corrected chi connectivity index (χ2v) is 13.4. The van der Waals surface area contributed by atoms with E-state index in [4.69, 9.17) is 9.40 Å². The summed E-state index contributed by atoms with van der Waals surface area (Å²) in [5.74, 6) is -0.892. The number of aromatic nitrogens is 2. The molecule has 1 aliphatic rings. The highest BCUT2D eigenvalue weighted by Crippen LogP contribution is 2.43. The smallest absolute Gasteiger partial charge is 0.416 e. The van der Waals surface area contributed by atoms with E-state index >= 15 is 0 Å². The van der Waals surface area contributed by atoms with E-state index in [9.17, 15) is 30.8 Å². The van der Waals surface area contributed by atoms with Crippen LogP contribution in [0.2, 0.25) is 0 Å². The average Bonchev–Trinajstić information content (AvgIpc) is 3.62. The number of furan rings is 1. The molecule has 0 bridgehead atoms. The van der Waals surface area contributed by atoms with Crippen molar-refractivity contribution in [2.75, 3.05) is 24.7 Å². The van der Waals surface area contributed by atoms with Gasteiger partial charge >= 0.3 is 6.18 Å². The van der Waals surface area contributed by atoms with E-state index in [1.165, 1.54) is 38.4 Å². The Balaban J connectivity index is 1.47. The molecule has 240 valence electrons. The summed E-state index contributed by atoms with van der Waals surface area (Å²) in [6, 6.07) is 17.6. The molecule has 0 saturated heterocycles. The van der Waals surface area contributed by atoms with Gasteiger partial charge < -0.3 is 14.3 Å². The molecule has 13 heteroatoms. The maximum atomic E-state index is 14.7. The highest BCUT2D eigenvalue weighted by molar-refractivity contribution is 7.92. The molecule has 3 aromatic carbocycles. The Hall–Kier alpha value is -5.17. The number of hydrogen-bond donors (Lipinski definition) is 1. The van der Waals surface area contributed by atoms with E-state index in [2.05, 4.69) is 5.32 Å². The monoisotopic (exact) mass is 662 g/mol. The Kier molecular flexibility index (Phi) is 6.94. The first kappa shape index (κ1) is 30.5. The van der Waals surface area contributed by atoms with Gasteiger partial charge in [0.1, 0.15) is 17.2 Å². The summed E-state index contributed by atoms with van der Waals surface area (Å²) < 4.78 is 89.3. The first-order chi connectivity index (χ1) is 22.3. The lowest BCUT2D eigenvalue weighted by Crippen LogP contribution is -2.25. The van der Waals surface area contributed by atoms with Crippen LogP contribution >= 0.6 is 0 Å². The number of hydrogen-bond acceptors (Lipinski definition) is 5. The van der Waals surface area contributed by atoms with Gasteiger partial charge in [-0.2, -0.15) is 13.2 Å². The molecule has 8 nitrogen and oxygen atoms in total. The molecule has 6 aromatic rings. The molecule has 1 amide bonds. The molecule has 47 heavy (non-hydrogen) atoms. The lowest BCUT2D eigenvalue weighted by Gasteiger charge is -2.23. The number of aryl methyl sites for hydroxylation is 2. The average molecular weight is 663 g/mol. The van der Waals surface area contributed by atoms with E-state index in [0.29, 0.717) is 46.4 Å². The van der Waals surface area contributed by atoms with E-state index in [-0.39, 0.29) is 34.0 Å². The van der Waals surface area contributed by atoms with Crippen LogP contribution in [-0.4, -0.2) is 44.2 Å². The van der Waals surface area contributed by atoms with Crippen LogP contribution in [0.15, 0.2) is 77.2 Å². The molecule has 3 aromatic heterocycles. The molecule has 0 aliphatic carbocycles. The maximum absolute atomic E-state index is 14.7. The van der Waals surface area contributed by atoms with Crippen LogP contribution in [0.4, 0.5) is 23.2 Å². The first-order valence-electron chi connectivity index (χ1n) is 14.5. The Morgan fingerprint density at radius 1 is 1.02 bits per heavy atom. The third-order valence-corrected chi connectivity index (χ3v) is 9.76. The van der Waals surface area contributed by atoms with Gasteiger partial charge in [0.2, 0.25) is 10.0 Å². The summed E-state index contributed by atoms with van der Waals surface area (Å²) >= 11 is 0. The van der Waals surface area contributed by atoms with Crippen LogP contribution in [0.1, 0.15) is 21.5 Å². The Labute approximate surface area is 266 Å². The quantitative estimate of drug-likeness (QED) is 0.196. The van der Waals surface area contributed by atoms with Crippen LogP contribution in [0.3, 0.4) is 0 Å². The topological polar surface area (TPSA) is 97.4 Å². The minimum Gasteiger partial charge on any atom is -0.455 e. The third-order valence-electron chi connectivity index (χ3n) is 8.57. The van der Waals surface area contributed by atoms with Crippen molar-refractivity contribution in [2.24, 2.45) is 0 Å². The second kappa shape index (κ2) is 10.7. The number of nitrogens with zero attached hydrogens (tertiary/aromatic N) is 3. The number of carbonyl (C=O) groups is 1. The number of rotatable bonds is 5. The second-order valence-electron chi connectivity index (χ2n) is 11.4. The van der Waals surface area contributed by atoms with Crippen LogP contribution in [0.25, 0.3) is 55.8 Å². The van der Waals surface area contributed by atoms with Gasteiger partial charge in [0.05, 0.1) is 45.7 Å². The highest BCUT2D eigenvalue weighted by Gasteiger charge is 2.31. The third kappa shape index (κ3) is 5.01. The van der Waals surface area contributed by atoms with Gasteiger partial charge in [0.15, 0.2) is 0 Å². The summed E-state index contributed by atoms with van der Waals surface area (Å²) in [6.45, 7) is 0.627. The molecule has 0 saturated carbocycles. The standard InChI is InChI=1S/C34H26F4N4O4S/c1-39-33(43)30-23-15-22(25-12-9-18-13-14-42-26-6-4-5-24(35)21(26)16-28(42)31(18)40-25)27(41(2)47(3,44)45)17-29(23)46-32(30)19-7-10-20(11-8-19)34(36,37)38/h4-12,15-17H,13-14H2,1-3H3,(H,39,43). The number of amides is 1. The van der Waals surface area contributed by atoms with E-state index < -0.39 is 27.7 Å². The zero-order chi connectivity index (χ0) is 33.4. The number of sulfonamides is 1. The van der Waals surface area contributed by atoms with Gasteiger partial charge in [0.25, 0.3) is 5.91 Å². The van der Waals surface area contributed by atoms with Gasteiger partial charge in [-0.3, -0.25) is 9.10 Å². The number of carbonyl (C=O) groups excluding carboxylic acids is 1. The van der Waals surface area contributed by atoms with Crippen molar-refractivity contribution < 1.29 is 35.2 Å².